The van der Waals surface area contributed by atoms with Crippen molar-refractivity contribution in [3.8, 4) is 10.7 Å². The van der Waals surface area contributed by atoms with Crippen LogP contribution in [0.3, 0.4) is 0 Å². The van der Waals surface area contributed by atoms with Gasteiger partial charge in [0.05, 0.1) is 16.3 Å². The summed E-state index contributed by atoms with van der Waals surface area (Å²) in [6, 6.07) is 12.2. The van der Waals surface area contributed by atoms with Crippen molar-refractivity contribution in [3.05, 3.63) is 47.8 Å². The zero-order valence-electron chi connectivity index (χ0n) is 20.5. The molecule has 1 aromatic carbocycles. The van der Waals surface area contributed by atoms with Crippen molar-refractivity contribution in [2.75, 3.05) is 10.7 Å². The zero-order valence-corrected chi connectivity index (χ0v) is 22.1. The van der Waals surface area contributed by atoms with Gasteiger partial charge in [-0.2, -0.15) is 0 Å². The molecule has 186 valence electrons. The summed E-state index contributed by atoms with van der Waals surface area (Å²) in [6.45, 7) is 10.5. The van der Waals surface area contributed by atoms with Gasteiger partial charge in [-0.15, -0.1) is 21.5 Å². The average Bonchev–Trinajstić information content (AvgIpc) is 3.40. The molecule has 0 saturated carbocycles. The molecule has 0 spiro atoms. The van der Waals surface area contributed by atoms with Gasteiger partial charge in [0.2, 0.25) is 11.1 Å². The first kappa shape index (κ1) is 26.4. The van der Waals surface area contributed by atoms with E-state index in [-0.39, 0.29) is 10.9 Å². The number of amides is 2. The lowest BCUT2D eigenvalue weighted by Crippen LogP contribution is -2.42. The molecular weight excluding hydrogens is 488 g/mol. The first-order valence-electron chi connectivity index (χ1n) is 10.8. The van der Waals surface area contributed by atoms with Crippen molar-refractivity contribution < 1.29 is 23.9 Å². The van der Waals surface area contributed by atoms with Gasteiger partial charge in [0.1, 0.15) is 11.2 Å². The Kier molecular flexibility index (Phi) is 8.01. The molecule has 0 saturated heterocycles. The molecule has 0 aliphatic rings. The minimum Gasteiger partial charge on any atom is -0.443 e. The lowest BCUT2D eigenvalue weighted by Gasteiger charge is -2.26. The van der Waals surface area contributed by atoms with Crippen molar-refractivity contribution in [2.24, 2.45) is 0 Å². The first-order chi connectivity index (χ1) is 16.4. The number of para-hydroxylation sites is 1. The summed E-state index contributed by atoms with van der Waals surface area (Å²) in [4.78, 5) is 40.8. The highest BCUT2D eigenvalue weighted by Crippen LogP contribution is 2.29. The third-order valence-corrected chi connectivity index (χ3v) is 5.90. The summed E-state index contributed by atoms with van der Waals surface area (Å²) in [7, 11) is 0. The molecule has 11 heteroatoms. The summed E-state index contributed by atoms with van der Waals surface area (Å²) >= 11 is 2.38. The molecule has 0 radical (unpaired) electrons. The smallest absolute Gasteiger partial charge is 0.422 e. The van der Waals surface area contributed by atoms with E-state index < -0.39 is 29.3 Å². The molecule has 2 amide bonds. The standard InChI is InChI=1S/C24H28N4O5S2/c1-23(2,3)32-21(30)27(16-11-8-7-9-12-16)18(29)15-35-20-26-25-19(17-13-10-14-34-17)28(20)22(31)33-24(4,5)6/h7-14H,15H2,1-6H3. The molecule has 9 nitrogen and oxygen atoms in total. The normalized spacial score (nSPS) is 11.7. The molecule has 0 atom stereocenters. The van der Waals surface area contributed by atoms with Gasteiger partial charge in [-0.25, -0.2) is 19.1 Å². The Balaban J connectivity index is 1.88. The van der Waals surface area contributed by atoms with Gasteiger partial charge < -0.3 is 9.47 Å². The maximum atomic E-state index is 13.2. The molecular formula is C24H28N4O5S2. The van der Waals surface area contributed by atoms with Gasteiger partial charge in [0, 0.05) is 0 Å². The molecule has 3 aromatic rings. The second kappa shape index (κ2) is 10.6. The molecule has 0 fully saturated rings. The van der Waals surface area contributed by atoms with Gasteiger partial charge in [-0.05, 0) is 65.1 Å². The summed E-state index contributed by atoms with van der Waals surface area (Å²) in [6.07, 6.45) is -1.45. The SMILES string of the molecule is CC(C)(C)OC(=O)N(C(=O)CSc1nnc(-c2cccs2)n1C(=O)OC(C)(C)C)c1ccccc1. The Bertz CT molecular complexity index is 1180. The highest BCUT2D eigenvalue weighted by molar-refractivity contribution is 7.99. The number of rotatable bonds is 5. The summed E-state index contributed by atoms with van der Waals surface area (Å²) in [5.74, 6) is -0.414. The van der Waals surface area contributed by atoms with Crippen LogP contribution in [-0.4, -0.2) is 49.8 Å². The summed E-state index contributed by atoms with van der Waals surface area (Å²) in [5.41, 5.74) is -1.16. The quantitative estimate of drug-likeness (QED) is 0.389. The zero-order chi connectivity index (χ0) is 25.8. The average molecular weight is 517 g/mol. The van der Waals surface area contributed by atoms with E-state index in [9.17, 15) is 14.4 Å². The monoisotopic (exact) mass is 516 g/mol. The van der Waals surface area contributed by atoms with Gasteiger partial charge in [-0.1, -0.05) is 36.0 Å². The predicted molar refractivity (Wildman–Crippen MR) is 136 cm³/mol. The Hall–Kier alpha value is -3.18. The molecule has 0 aliphatic carbocycles. The van der Waals surface area contributed by atoms with Crippen LogP contribution in [0.5, 0.6) is 0 Å². The summed E-state index contributed by atoms with van der Waals surface area (Å²) in [5, 5.41) is 10.3. The van der Waals surface area contributed by atoms with Crippen LogP contribution in [-0.2, 0) is 14.3 Å². The van der Waals surface area contributed by atoms with Crippen LogP contribution < -0.4 is 4.90 Å². The number of imide groups is 1. The van der Waals surface area contributed by atoms with E-state index in [1.807, 2.05) is 17.5 Å². The third kappa shape index (κ3) is 7.15. The molecule has 2 aromatic heterocycles. The largest absolute Gasteiger partial charge is 0.443 e. The van der Waals surface area contributed by atoms with E-state index >= 15 is 0 Å². The first-order valence-corrected chi connectivity index (χ1v) is 12.7. The fourth-order valence-electron chi connectivity index (χ4n) is 2.83. The number of carbonyl (C=O) groups excluding carboxylic acids is 3. The fraction of sp³-hybridized carbons (Fsp3) is 0.375. The molecule has 2 heterocycles. The number of ether oxygens (including phenoxy) is 2. The van der Waals surface area contributed by atoms with Gasteiger partial charge in [0.25, 0.3) is 0 Å². The number of nitrogens with zero attached hydrogens (tertiary/aromatic N) is 4. The molecule has 3 rings (SSSR count). The van der Waals surface area contributed by atoms with E-state index in [1.54, 1.807) is 71.9 Å². The van der Waals surface area contributed by atoms with Crippen LogP contribution in [0.2, 0.25) is 0 Å². The second-order valence-electron chi connectivity index (χ2n) is 9.43. The molecule has 0 bridgehead atoms. The Labute approximate surface area is 212 Å². The Morgan fingerprint density at radius 1 is 0.943 bits per heavy atom. The Morgan fingerprint density at radius 3 is 2.17 bits per heavy atom. The van der Waals surface area contributed by atoms with Crippen LogP contribution in [0, 0.1) is 0 Å². The number of thioether (sulfide) groups is 1. The predicted octanol–water partition coefficient (Wildman–Crippen LogP) is 5.85. The number of anilines is 1. The van der Waals surface area contributed by atoms with E-state index in [0.717, 1.165) is 21.5 Å². The van der Waals surface area contributed by atoms with Gasteiger partial charge in [0.15, 0.2) is 5.82 Å². The van der Waals surface area contributed by atoms with E-state index in [0.29, 0.717) is 11.5 Å². The molecule has 0 unspecified atom stereocenters. The van der Waals surface area contributed by atoms with Crippen molar-refractivity contribution in [2.45, 2.75) is 57.9 Å². The van der Waals surface area contributed by atoms with Gasteiger partial charge in [-0.3, -0.25) is 4.79 Å². The van der Waals surface area contributed by atoms with Crippen molar-refractivity contribution in [1.29, 1.82) is 0 Å². The number of benzene rings is 1. The minimum absolute atomic E-state index is 0.174. The summed E-state index contributed by atoms with van der Waals surface area (Å²) < 4.78 is 12.2. The number of thiophene rings is 1. The highest BCUT2D eigenvalue weighted by atomic mass is 32.2. The highest BCUT2D eigenvalue weighted by Gasteiger charge is 2.31. The van der Waals surface area contributed by atoms with Crippen LogP contribution in [0.25, 0.3) is 10.7 Å². The van der Waals surface area contributed by atoms with Crippen molar-refractivity contribution >= 4 is 46.9 Å². The van der Waals surface area contributed by atoms with Crippen LogP contribution in [0.4, 0.5) is 15.3 Å². The van der Waals surface area contributed by atoms with Crippen LogP contribution in [0.15, 0.2) is 53.0 Å². The van der Waals surface area contributed by atoms with E-state index in [4.69, 9.17) is 9.47 Å². The van der Waals surface area contributed by atoms with Crippen LogP contribution >= 0.6 is 23.1 Å². The topological polar surface area (TPSA) is 104 Å². The van der Waals surface area contributed by atoms with Crippen molar-refractivity contribution in [1.82, 2.24) is 14.8 Å². The number of hydrogen-bond acceptors (Lipinski definition) is 9. The Morgan fingerprint density at radius 2 is 1.60 bits per heavy atom. The number of carbonyl (C=O) groups is 3. The lowest BCUT2D eigenvalue weighted by molar-refractivity contribution is -0.116. The second-order valence-corrected chi connectivity index (χ2v) is 11.3. The maximum absolute atomic E-state index is 13.2. The molecule has 0 N–H and O–H groups in total. The van der Waals surface area contributed by atoms with Gasteiger partial charge >= 0.3 is 12.2 Å². The fourth-order valence-corrected chi connectivity index (χ4v) is 4.30. The molecule has 0 aliphatic heterocycles. The van der Waals surface area contributed by atoms with Crippen LogP contribution in [0.1, 0.15) is 41.5 Å². The van der Waals surface area contributed by atoms with E-state index in [2.05, 4.69) is 10.2 Å². The third-order valence-electron chi connectivity index (χ3n) is 4.12. The van der Waals surface area contributed by atoms with Crippen molar-refractivity contribution in [3.63, 3.8) is 0 Å². The molecule has 35 heavy (non-hydrogen) atoms. The number of aromatic nitrogens is 3. The lowest BCUT2D eigenvalue weighted by atomic mass is 10.2. The minimum atomic E-state index is -0.790. The maximum Gasteiger partial charge on any atom is 0.422 e. The van der Waals surface area contributed by atoms with E-state index in [1.165, 1.54) is 15.9 Å². The number of hydrogen-bond donors (Lipinski definition) is 0.